The normalized spacial score (nSPS) is 9.82. The zero-order chi connectivity index (χ0) is 8.69. The number of carbonyl (C=O) groups is 1. The summed E-state index contributed by atoms with van der Waals surface area (Å²) in [5, 5.41) is 19.1. The van der Waals surface area contributed by atoms with E-state index in [0.717, 1.165) is 11.1 Å². The van der Waals surface area contributed by atoms with Crippen LogP contribution in [0.15, 0.2) is 17.8 Å². The van der Waals surface area contributed by atoms with Crippen LogP contribution in [0.5, 0.6) is 0 Å². The molecule has 0 aliphatic heterocycles. The van der Waals surface area contributed by atoms with Crippen molar-refractivity contribution in [1.29, 1.82) is 0 Å². The topological polar surface area (TPSA) is 73.1 Å². The van der Waals surface area contributed by atoms with Crippen LogP contribution < -0.4 is 0 Å². The van der Waals surface area contributed by atoms with Crippen LogP contribution in [0.3, 0.4) is 0 Å². The molecule has 0 aliphatic carbocycles. The number of hydrogen-bond donors (Lipinski definition) is 2. The van der Waals surface area contributed by atoms with Gasteiger partial charge in [-0.25, -0.2) is 4.79 Å². The molecule has 0 fully saturated rings. The zero-order valence-corrected chi connectivity index (χ0v) is 5.97. The standard InChI is InChI=1S/C6H10N2O3/c1-2-4-8(6(9)10)5-3-7-11/h2-3,11H,1,4-5H2,(H,9,10). The minimum atomic E-state index is -1.06. The van der Waals surface area contributed by atoms with Gasteiger partial charge in [-0.1, -0.05) is 6.08 Å². The van der Waals surface area contributed by atoms with Gasteiger partial charge < -0.3 is 10.3 Å². The Morgan fingerprint density at radius 3 is 2.64 bits per heavy atom. The summed E-state index contributed by atoms with van der Waals surface area (Å²) in [4.78, 5) is 11.4. The monoisotopic (exact) mass is 158 g/mol. The molecular weight excluding hydrogens is 148 g/mol. The Hall–Kier alpha value is -1.52. The third-order valence-electron chi connectivity index (χ3n) is 1.00. The Labute approximate surface area is 64.2 Å². The summed E-state index contributed by atoms with van der Waals surface area (Å²) in [5.41, 5.74) is 0. The van der Waals surface area contributed by atoms with Crippen molar-refractivity contribution < 1.29 is 15.1 Å². The largest absolute Gasteiger partial charge is 0.465 e. The van der Waals surface area contributed by atoms with Gasteiger partial charge in [-0.3, -0.25) is 4.90 Å². The second kappa shape index (κ2) is 5.28. The van der Waals surface area contributed by atoms with E-state index < -0.39 is 6.09 Å². The second-order valence-corrected chi connectivity index (χ2v) is 1.77. The van der Waals surface area contributed by atoms with Crippen LogP contribution in [0.1, 0.15) is 0 Å². The Balaban J connectivity index is 3.88. The third kappa shape index (κ3) is 3.96. The maximum Gasteiger partial charge on any atom is 0.407 e. The minimum Gasteiger partial charge on any atom is -0.465 e. The van der Waals surface area contributed by atoms with E-state index in [2.05, 4.69) is 11.7 Å². The predicted molar refractivity (Wildman–Crippen MR) is 40.1 cm³/mol. The Morgan fingerprint density at radius 2 is 2.27 bits per heavy atom. The fraction of sp³-hybridized carbons (Fsp3) is 0.333. The molecule has 0 atom stereocenters. The van der Waals surface area contributed by atoms with Crippen molar-refractivity contribution in [3.63, 3.8) is 0 Å². The summed E-state index contributed by atoms with van der Waals surface area (Å²) >= 11 is 0. The first-order valence-electron chi connectivity index (χ1n) is 2.97. The lowest BCUT2D eigenvalue weighted by Crippen LogP contribution is -2.31. The van der Waals surface area contributed by atoms with Crippen molar-refractivity contribution in [3.8, 4) is 0 Å². The highest BCUT2D eigenvalue weighted by Crippen LogP contribution is 1.86. The van der Waals surface area contributed by atoms with Crippen molar-refractivity contribution in [2.75, 3.05) is 13.1 Å². The van der Waals surface area contributed by atoms with Crippen molar-refractivity contribution >= 4 is 12.3 Å². The number of amides is 1. The van der Waals surface area contributed by atoms with Gasteiger partial charge in [0.05, 0.1) is 12.8 Å². The number of nitrogens with zero attached hydrogens (tertiary/aromatic N) is 2. The molecule has 0 saturated heterocycles. The molecule has 0 heterocycles. The molecule has 0 bridgehead atoms. The van der Waals surface area contributed by atoms with Gasteiger partial charge in [-0.05, 0) is 0 Å². The average molecular weight is 158 g/mol. The number of oxime groups is 1. The smallest absolute Gasteiger partial charge is 0.407 e. The van der Waals surface area contributed by atoms with Gasteiger partial charge in [0, 0.05) is 6.54 Å². The molecule has 0 spiro atoms. The molecule has 5 nitrogen and oxygen atoms in total. The highest BCUT2D eigenvalue weighted by molar-refractivity contribution is 5.71. The lowest BCUT2D eigenvalue weighted by atomic mass is 10.5. The van der Waals surface area contributed by atoms with E-state index in [1.54, 1.807) is 0 Å². The van der Waals surface area contributed by atoms with Crippen LogP contribution in [0.25, 0.3) is 0 Å². The van der Waals surface area contributed by atoms with E-state index in [9.17, 15) is 4.79 Å². The van der Waals surface area contributed by atoms with E-state index in [1.165, 1.54) is 6.08 Å². The van der Waals surface area contributed by atoms with Gasteiger partial charge in [0.2, 0.25) is 0 Å². The maximum absolute atomic E-state index is 10.3. The molecule has 0 aromatic rings. The lowest BCUT2D eigenvalue weighted by molar-refractivity contribution is 0.156. The second-order valence-electron chi connectivity index (χ2n) is 1.77. The highest BCUT2D eigenvalue weighted by Gasteiger charge is 2.06. The molecule has 62 valence electrons. The fourth-order valence-corrected chi connectivity index (χ4v) is 0.522. The quantitative estimate of drug-likeness (QED) is 0.272. The molecule has 0 aromatic carbocycles. The summed E-state index contributed by atoms with van der Waals surface area (Å²) in [7, 11) is 0. The summed E-state index contributed by atoms with van der Waals surface area (Å²) in [6.45, 7) is 3.67. The van der Waals surface area contributed by atoms with Gasteiger partial charge in [-0.2, -0.15) is 0 Å². The molecular formula is C6H10N2O3. The van der Waals surface area contributed by atoms with Crippen LogP contribution in [0.2, 0.25) is 0 Å². The van der Waals surface area contributed by atoms with Crippen LogP contribution in [-0.2, 0) is 0 Å². The van der Waals surface area contributed by atoms with E-state index in [-0.39, 0.29) is 13.1 Å². The third-order valence-corrected chi connectivity index (χ3v) is 1.00. The van der Waals surface area contributed by atoms with Gasteiger partial charge in [0.15, 0.2) is 0 Å². The molecule has 0 aromatic heterocycles. The molecule has 1 amide bonds. The number of hydrogen-bond acceptors (Lipinski definition) is 3. The predicted octanol–water partition coefficient (Wildman–Crippen LogP) is 0.612. The molecule has 11 heavy (non-hydrogen) atoms. The first kappa shape index (κ1) is 9.48. The van der Waals surface area contributed by atoms with Crippen LogP contribution in [0, 0.1) is 0 Å². The molecule has 0 rings (SSSR count). The van der Waals surface area contributed by atoms with Crippen molar-refractivity contribution in [2.45, 2.75) is 0 Å². The average Bonchev–Trinajstić information content (AvgIpc) is 1.97. The molecule has 5 heteroatoms. The van der Waals surface area contributed by atoms with E-state index in [0.29, 0.717) is 0 Å². The summed E-state index contributed by atoms with van der Waals surface area (Å²) in [6.07, 6.45) is 1.49. The fourth-order valence-electron chi connectivity index (χ4n) is 0.522. The van der Waals surface area contributed by atoms with Gasteiger partial charge in [-0.15, -0.1) is 11.7 Å². The highest BCUT2D eigenvalue weighted by atomic mass is 16.4. The van der Waals surface area contributed by atoms with E-state index in [1.807, 2.05) is 0 Å². The maximum atomic E-state index is 10.3. The van der Waals surface area contributed by atoms with Crippen LogP contribution in [-0.4, -0.2) is 40.6 Å². The molecule has 0 saturated carbocycles. The van der Waals surface area contributed by atoms with Gasteiger partial charge >= 0.3 is 6.09 Å². The molecule has 2 N–H and O–H groups in total. The Morgan fingerprint density at radius 1 is 1.64 bits per heavy atom. The lowest BCUT2D eigenvalue weighted by Gasteiger charge is -2.12. The number of rotatable bonds is 4. The van der Waals surface area contributed by atoms with E-state index in [4.69, 9.17) is 10.3 Å². The van der Waals surface area contributed by atoms with E-state index >= 15 is 0 Å². The summed E-state index contributed by atoms with van der Waals surface area (Å²) in [6, 6.07) is 0. The Kier molecular flexibility index (Phi) is 4.55. The SMILES string of the molecule is C=CCN(CC=NO)C(=O)O. The molecule has 0 aliphatic rings. The number of carboxylic acid groups (broad SMARTS) is 1. The Bertz CT molecular complexity index is 167. The van der Waals surface area contributed by atoms with Crippen LogP contribution in [0.4, 0.5) is 4.79 Å². The van der Waals surface area contributed by atoms with Crippen molar-refractivity contribution in [3.05, 3.63) is 12.7 Å². The molecule has 0 unspecified atom stereocenters. The van der Waals surface area contributed by atoms with Gasteiger partial charge in [0.25, 0.3) is 0 Å². The first-order valence-corrected chi connectivity index (χ1v) is 2.97. The van der Waals surface area contributed by atoms with Crippen molar-refractivity contribution in [2.24, 2.45) is 5.16 Å². The first-order chi connectivity index (χ1) is 5.22. The summed E-state index contributed by atoms with van der Waals surface area (Å²) in [5.74, 6) is 0. The molecule has 0 radical (unpaired) electrons. The zero-order valence-electron chi connectivity index (χ0n) is 5.97. The van der Waals surface area contributed by atoms with Gasteiger partial charge in [0.1, 0.15) is 0 Å². The van der Waals surface area contributed by atoms with Crippen molar-refractivity contribution in [1.82, 2.24) is 4.90 Å². The minimum absolute atomic E-state index is 0.0673. The van der Waals surface area contributed by atoms with Crippen LogP contribution >= 0.6 is 0 Å². The summed E-state index contributed by atoms with van der Waals surface area (Å²) < 4.78 is 0.